The van der Waals surface area contributed by atoms with Crippen molar-refractivity contribution in [2.45, 2.75) is 82.5 Å². The maximum absolute atomic E-state index is 12.1. The lowest BCUT2D eigenvalue weighted by Crippen LogP contribution is -2.42. The fraction of sp³-hybridized carbons (Fsp3) is 0.810. The number of hydrogen-bond acceptors (Lipinski definition) is 4. The van der Waals surface area contributed by atoms with E-state index in [4.69, 9.17) is 9.84 Å². The van der Waals surface area contributed by atoms with Crippen molar-refractivity contribution < 1.29 is 19.4 Å². The number of allylic oxidation sites excluding steroid dienone is 2. The minimum Gasteiger partial charge on any atom is -0.481 e. The van der Waals surface area contributed by atoms with Crippen LogP contribution in [0.2, 0.25) is 0 Å². The van der Waals surface area contributed by atoms with E-state index in [1.54, 1.807) is 0 Å². The molecule has 2 heterocycles. The van der Waals surface area contributed by atoms with Gasteiger partial charge in [-0.15, -0.1) is 0 Å². The standard InChI is InChI=1S/C21H34N2O4/c24-20(23-15-7-5-6-8-15)14-22-13-17-16(18-11-12-19(17)27-18)9-3-1-2-4-10-21(25)26/h1,3,15-19,22H,2,4-14H2,(H,23,24)(H,25,26)/b3-1-/t16-,17-,18-,19+/m1/s1. The van der Waals surface area contributed by atoms with Gasteiger partial charge in [0.2, 0.25) is 5.91 Å². The van der Waals surface area contributed by atoms with Crippen LogP contribution in [0.4, 0.5) is 0 Å². The van der Waals surface area contributed by atoms with Crippen LogP contribution in [-0.4, -0.2) is 48.3 Å². The molecule has 3 N–H and O–H groups in total. The van der Waals surface area contributed by atoms with Crippen LogP contribution in [0.3, 0.4) is 0 Å². The number of aliphatic carboxylic acids is 1. The van der Waals surface area contributed by atoms with Crippen molar-refractivity contribution in [3.8, 4) is 0 Å². The summed E-state index contributed by atoms with van der Waals surface area (Å²) in [6.45, 7) is 1.22. The topological polar surface area (TPSA) is 87.7 Å². The van der Waals surface area contributed by atoms with Crippen LogP contribution in [0.25, 0.3) is 0 Å². The number of hydrogen-bond donors (Lipinski definition) is 3. The summed E-state index contributed by atoms with van der Waals surface area (Å²) >= 11 is 0. The zero-order valence-electron chi connectivity index (χ0n) is 16.2. The van der Waals surface area contributed by atoms with E-state index in [2.05, 4.69) is 22.8 Å². The number of fused-ring (bicyclic) bond motifs is 2. The molecular formula is C21H34N2O4. The zero-order valence-corrected chi connectivity index (χ0v) is 16.2. The number of rotatable bonds is 11. The van der Waals surface area contributed by atoms with Gasteiger partial charge in [0.25, 0.3) is 0 Å². The third kappa shape index (κ3) is 6.04. The molecule has 0 aromatic carbocycles. The molecule has 152 valence electrons. The van der Waals surface area contributed by atoms with Crippen LogP contribution in [-0.2, 0) is 14.3 Å². The van der Waals surface area contributed by atoms with Crippen molar-refractivity contribution in [1.82, 2.24) is 10.6 Å². The number of unbranched alkanes of at least 4 members (excludes halogenated alkanes) is 1. The van der Waals surface area contributed by atoms with E-state index in [-0.39, 0.29) is 12.3 Å². The Morgan fingerprint density at radius 1 is 1.04 bits per heavy atom. The second kappa shape index (κ2) is 10.2. The second-order valence-electron chi connectivity index (χ2n) is 8.29. The molecule has 27 heavy (non-hydrogen) atoms. The molecule has 4 atom stereocenters. The summed E-state index contributed by atoms with van der Waals surface area (Å²) in [5, 5.41) is 15.2. The summed E-state index contributed by atoms with van der Waals surface area (Å²) in [4.78, 5) is 22.6. The van der Waals surface area contributed by atoms with Crippen LogP contribution in [0.1, 0.15) is 64.2 Å². The third-order valence-corrected chi connectivity index (χ3v) is 6.31. The fourth-order valence-electron chi connectivity index (χ4n) is 4.92. The molecule has 2 saturated heterocycles. The lowest BCUT2D eigenvalue weighted by molar-refractivity contribution is -0.137. The van der Waals surface area contributed by atoms with Gasteiger partial charge in [-0.3, -0.25) is 9.59 Å². The predicted octanol–water partition coefficient (Wildman–Crippen LogP) is 2.63. The fourth-order valence-corrected chi connectivity index (χ4v) is 4.92. The maximum Gasteiger partial charge on any atom is 0.303 e. The molecule has 3 aliphatic rings. The minimum atomic E-state index is -0.729. The number of amides is 1. The van der Waals surface area contributed by atoms with Gasteiger partial charge in [0, 0.05) is 24.9 Å². The summed E-state index contributed by atoms with van der Waals surface area (Å²) in [5.41, 5.74) is 0. The first-order valence-corrected chi connectivity index (χ1v) is 10.7. The molecule has 2 bridgehead atoms. The van der Waals surface area contributed by atoms with Gasteiger partial charge in [-0.1, -0.05) is 25.0 Å². The summed E-state index contributed by atoms with van der Waals surface area (Å²) < 4.78 is 6.12. The average Bonchev–Trinajstić information content (AvgIpc) is 3.36. The summed E-state index contributed by atoms with van der Waals surface area (Å²) in [6, 6.07) is 0.379. The van der Waals surface area contributed by atoms with Crippen LogP contribution < -0.4 is 10.6 Å². The van der Waals surface area contributed by atoms with Crippen LogP contribution in [0, 0.1) is 11.8 Å². The van der Waals surface area contributed by atoms with Crippen molar-refractivity contribution in [3.63, 3.8) is 0 Å². The predicted molar refractivity (Wildman–Crippen MR) is 103 cm³/mol. The zero-order chi connectivity index (χ0) is 19.1. The molecular weight excluding hydrogens is 344 g/mol. The number of carboxylic acids is 1. The van der Waals surface area contributed by atoms with Gasteiger partial charge in [-0.05, 0) is 50.9 Å². The molecule has 3 fully saturated rings. The Bertz CT molecular complexity index is 530. The number of carboxylic acid groups (broad SMARTS) is 1. The lowest BCUT2D eigenvalue weighted by atomic mass is 9.77. The summed E-state index contributed by atoms with van der Waals surface area (Å²) in [5.74, 6) is 0.352. The molecule has 0 spiro atoms. The molecule has 0 unspecified atom stereocenters. The van der Waals surface area contributed by atoms with Crippen molar-refractivity contribution in [2.24, 2.45) is 11.8 Å². The summed E-state index contributed by atoms with van der Waals surface area (Å²) in [6.07, 6.45) is 14.7. The van der Waals surface area contributed by atoms with Crippen LogP contribution >= 0.6 is 0 Å². The first kappa shape index (κ1) is 20.3. The molecule has 2 aliphatic heterocycles. The molecule has 1 aliphatic carbocycles. The van der Waals surface area contributed by atoms with Gasteiger partial charge in [0.1, 0.15) is 0 Å². The quantitative estimate of drug-likeness (QED) is 0.380. The van der Waals surface area contributed by atoms with Crippen LogP contribution in [0.5, 0.6) is 0 Å². The Morgan fingerprint density at radius 2 is 1.78 bits per heavy atom. The Hall–Kier alpha value is -1.40. The van der Waals surface area contributed by atoms with Crippen LogP contribution in [0.15, 0.2) is 12.2 Å². The third-order valence-electron chi connectivity index (χ3n) is 6.31. The Kier molecular flexibility index (Phi) is 7.70. The molecule has 6 nitrogen and oxygen atoms in total. The normalized spacial score (nSPS) is 30.4. The Morgan fingerprint density at radius 3 is 2.52 bits per heavy atom. The molecule has 3 rings (SSSR count). The largest absolute Gasteiger partial charge is 0.481 e. The Labute approximate surface area is 162 Å². The SMILES string of the molecule is O=C(O)CCC/C=C\C[C@@H]1[C@@H](CNCC(=O)NC2CCCC2)[C@@H]2CC[C@H]1O2. The Balaban J connectivity index is 1.36. The highest BCUT2D eigenvalue weighted by Crippen LogP contribution is 2.44. The van der Waals surface area contributed by atoms with E-state index in [0.29, 0.717) is 43.1 Å². The van der Waals surface area contributed by atoms with E-state index in [9.17, 15) is 9.59 Å². The number of carbonyl (C=O) groups excluding carboxylic acids is 1. The molecule has 0 aromatic heterocycles. The average molecular weight is 379 g/mol. The van der Waals surface area contributed by atoms with Crippen molar-refractivity contribution in [3.05, 3.63) is 12.2 Å². The lowest BCUT2D eigenvalue weighted by Gasteiger charge is -2.27. The van der Waals surface area contributed by atoms with Crippen molar-refractivity contribution >= 4 is 11.9 Å². The van der Waals surface area contributed by atoms with E-state index < -0.39 is 5.97 Å². The van der Waals surface area contributed by atoms with Gasteiger partial charge < -0.3 is 20.5 Å². The summed E-state index contributed by atoms with van der Waals surface area (Å²) in [7, 11) is 0. The molecule has 0 aromatic rings. The van der Waals surface area contributed by atoms with E-state index in [1.165, 1.54) is 12.8 Å². The minimum absolute atomic E-state index is 0.112. The van der Waals surface area contributed by atoms with Gasteiger partial charge in [-0.25, -0.2) is 0 Å². The highest BCUT2D eigenvalue weighted by Gasteiger charge is 2.47. The van der Waals surface area contributed by atoms with Gasteiger partial charge in [-0.2, -0.15) is 0 Å². The van der Waals surface area contributed by atoms with Crippen molar-refractivity contribution in [1.29, 1.82) is 0 Å². The molecule has 1 saturated carbocycles. The van der Waals surface area contributed by atoms with Gasteiger partial charge >= 0.3 is 5.97 Å². The van der Waals surface area contributed by atoms with E-state index in [1.807, 2.05) is 0 Å². The second-order valence-corrected chi connectivity index (χ2v) is 8.29. The maximum atomic E-state index is 12.1. The number of carbonyl (C=O) groups is 2. The van der Waals surface area contributed by atoms with Gasteiger partial charge in [0.05, 0.1) is 18.8 Å². The molecule has 6 heteroatoms. The van der Waals surface area contributed by atoms with Gasteiger partial charge in [0.15, 0.2) is 0 Å². The molecule has 1 amide bonds. The first-order valence-electron chi connectivity index (χ1n) is 10.7. The molecule has 0 radical (unpaired) electrons. The highest BCUT2D eigenvalue weighted by molar-refractivity contribution is 5.78. The van der Waals surface area contributed by atoms with Crippen molar-refractivity contribution in [2.75, 3.05) is 13.1 Å². The monoisotopic (exact) mass is 378 g/mol. The van der Waals surface area contributed by atoms with E-state index >= 15 is 0 Å². The smallest absolute Gasteiger partial charge is 0.303 e. The van der Waals surface area contributed by atoms with E-state index in [0.717, 1.165) is 45.1 Å². The highest BCUT2D eigenvalue weighted by atomic mass is 16.5. The number of nitrogens with one attached hydrogen (secondary N) is 2. The first-order chi connectivity index (χ1) is 13.1. The number of ether oxygens (including phenoxy) is 1.